The number of aryl methyl sites for hydroxylation is 1. The van der Waals surface area contributed by atoms with Crippen molar-refractivity contribution < 1.29 is 0 Å². The average molecular weight is 307 g/mol. The lowest BCUT2D eigenvalue weighted by molar-refractivity contribution is 0.423. The molecule has 0 atom stereocenters. The minimum Gasteiger partial charge on any atom is -0.255 e. The normalized spacial score (nSPS) is 16.9. The molecule has 0 saturated heterocycles. The second kappa shape index (κ2) is 6.92. The van der Waals surface area contributed by atoms with E-state index in [1.165, 1.54) is 54.3 Å². The zero-order chi connectivity index (χ0) is 13.8. The molecule has 1 aromatic carbocycles. The van der Waals surface area contributed by atoms with Crippen LogP contribution >= 0.6 is 23.3 Å². The summed E-state index contributed by atoms with van der Waals surface area (Å²) in [4.78, 5) is 4.83. The molecule has 2 nitrogen and oxygen atoms in total. The Kier molecular flexibility index (Phi) is 4.97. The molecule has 2 aromatic rings. The van der Waals surface area contributed by atoms with Crippen molar-refractivity contribution in [3.63, 3.8) is 0 Å². The van der Waals surface area contributed by atoms with Crippen LogP contribution in [0.2, 0.25) is 0 Å². The van der Waals surface area contributed by atoms with Crippen LogP contribution in [0.3, 0.4) is 0 Å². The van der Waals surface area contributed by atoms with E-state index in [4.69, 9.17) is 4.98 Å². The van der Waals surface area contributed by atoms with Gasteiger partial charge in [0.15, 0.2) is 4.34 Å². The quantitative estimate of drug-likeness (QED) is 0.771. The first-order chi connectivity index (χ1) is 9.86. The van der Waals surface area contributed by atoms with E-state index in [0.717, 1.165) is 10.8 Å². The standard InChI is InChI=1S/C16H22N2S2/c1-2-7-12-8-6-11-14-15(12)17-16(19-14)20-18-13-9-4-3-5-10-13/h6,8,11,13,18H,2-5,7,9-10H2,1H3. The third-order valence-corrected chi connectivity index (χ3v) is 5.95. The highest BCUT2D eigenvalue weighted by molar-refractivity contribution is 7.99. The topological polar surface area (TPSA) is 24.9 Å². The van der Waals surface area contributed by atoms with Crippen LogP contribution in [0.4, 0.5) is 0 Å². The molecule has 0 unspecified atom stereocenters. The van der Waals surface area contributed by atoms with Gasteiger partial charge < -0.3 is 0 Å². The highest BCUT2D eigenvalue weighted by Gasteiger charge is 2.14. The van der Waals surface area contributed by atoms with Crippen LogP contribution in [0.15, 0.2) is 22.5 Å². The molecule has 0 spiro atoms. The molecule has 3 rings (SSSR count). The SMILES string of the molecule is CCCc1cccc2sc(SNC3CCCCC3)nc12. The van der Waals surface area contributed by atoms with Gasteiger partial charge in [-0.25, -0.2) is 4.98 Å². The van der Waals surface area contributed by atoms with Gasteiger partial charge in [0, 0.05) is 6.04 Å². The van der Waals surface area contributed by atoms with Gasteiger partial charge in [-0.3, -0.25) is 4.72 Å². The molecule has 0 amide bonds. The molecule has 20 heavy (non-hydrogen) atoms. The Morgan fingerprint density at radius 1 is 1.30 bits per heavy atom. The maximum atomic E-state index is 4.83. The number of hydrogen-bond donors (Lipinski definition) is 1. The fourth-order valence-corrected chi connectivity index (χ4v) is 4.82. The summed E-state index contributed by atoms with van der Waals surface area (Å²) in [5.41, 5.74) is 2.61. The van der Waals surface area contributed by atoms with E-state index >= 15 is 0 Å². The summed E-state index contributed by atoms with van der Waals surface area (Å²) in [5, 5.41) is 0. The number of benzene rings is 1. The van der Waals surface area contributed by atoms with Gasteiger partial charge in [-0.2, -0.15) is 0 Å². The maximum Gasteiger partial charge on any atom is 0.166 e. The van der Waals surface area contributed by atoms with Crippen LogP contribution in [0, 0.1) is 0 Å². The number of nitrogens with one attached hydrogen (secondary N) is 1. The van der Waals surface area contributed by atoms with Crippen molar-refractivity contribution in [2.45, 2.75) is 62.3 Å². The van der Waals surface area contributed by atoms with Gasteiger partial charge in [-0.15, -0.1) is 11.3 Å². The second-order valence-corrected chi connectivity index (χ2v) is 7.66. The molecule has 1 saturated carbocycles. The molecule has 1 heterocycles. The summed E-state index contributed by atoms with van der Waals surface area (Å²) in [7, 11) is 0. The Morgan fingerprint density at radius 2 is 2.15 bits per heavy atom. The molecule has 1 N–H and O–H groups in total. The number of thiazole rings is 1. The summed E-state index contributed by atoms with van der Waals surface area (Å²) in [6.07, 6.45) is 9.10. The minimum atomic E-state index is 0.677. The molecule has 1 fully saturated rings. The molecular weight excluding hydrogens is 284 g/mol. The molecule has 4 heteroatoms. The van der Waals surface area contributed by atoms with Gasteiger partial charge in [-0.05, 0) is 42.8 Å². The van der Waals surface area contributed by atoms with Gasteiger partial charge in [0.1, 0.15) is 0 Å². The fraction of sp³-hybridized carbons (Fsp3) is 0.562. The van der Waals surface area contributed by atoms with Crippen LogP contribution in [0.5, 0.6) is 0 Å². The number of hydrogen-bond acceptors (Lipinski definition) is 4. The fourth-order valence-electron chi connectivity index (χ4n) is 2.85. The lowest BCUT2D eigenvalue weighted by Crippen LogP contribution is -2.25. The lowest BCUT2D eigenvalue weighted by Gasteiger charge is -2.21. The number of nitrogens with zero attached hydrogens (tertiary/aromatic N) is 1. The van der Waals surface area contributed by atoms with E-state index in [2.05, 4.69) is 29.8 Å². The Bertz CT molecular complexity index is 559. The van der Waals surface area contributed by atoms with Crippen molar-refractivity contribution in [1.82, 2.24) is 9.71 Å². The molecule has 1 aliphatic carbocycles. The second-order valence-electron chi connectivity index (χ2n) is 5.55. The molecule has 108 valence electrons. The van der Waals surface area contributed by atoms with Crippen LogP contribution in [-0.4, -0.2) is 11.0 Å². The summed E-state index contributed by atoms with van der Waals surface area (Å²) in [5.74, 6) is 0. The molecule has 0 radical (unpaired) electrons. The summed E-state index contributed by atoms with van der Waals surface area (Å²) in [6.45, 7) is 2.23. The monoisotopic (exact) mass is 306 g/mol. The lowest BCUT2D eigenvalue weighted by atomic mass is 9.96. The smallest absolute Gasteiger partial charge is 0.166 e. The Hall–Kier alpha value is -0.580. The highest BCUT2D eigenvalue weighted by atomic mass is 32.2. The van der Waals surface area contributed by atoms with Crippen LogP contribution in [0.1, 0.15) is 51.0 Å². The van der Waals surface area contributed by atoms with E-state index < -0.39 is 0 Å². The van der Waals surface area contributed by atoms with Crippen molar-refractivity contribution in [3.8, 4) is 0 Å². The van der Waals surface area contributed by atoms with E-state index in [-0.39, 0.29) is 0 Å². The van der Waals surface area contributed by atoms with Crippen LogP contribution < -0.4 is 4.72 Å². The first-order valence-corrected chi connectivity index (χ1v) is 9.31. The van der Waals surface area contributed by atoms with Gasteiger partial charge in [-0.1, -0.05) is 44.7 Å². The average Bonchev–Trinajstić information content (AvgIpc) is 2.91. The molecule has 1 aliphatic rings. The van der Waals surface area contributed by atoms with Gasteiger partial charge in [0.05, 0.1) is 10.2 Å². The number of para-hydroxylation sites is 1. The van der Waals surface area contributed by atoms with E-state index in [1.54, 1.807) is 11.9 Å². The molecule has 0 aliphatic heterocycles. The Balaban J connectivity index is 1.70. The van der Waals surface area contributed by atoms with Crippen LogP contribution in [-0.2, 0) is 6.42 Å². The van der Waals surface area contributed by atoms with E-state index in [0.29, 0.717) is 6.04 Å². The maximum absolute atomic E-state index is 4.83. The summed E-state index contributed by atoms with van der Waals surface area (Å²) in [6, 6.07) is 7.25. The first kappa shape index (κ1) is 14.4. The molecule has 1 aromatic heterocycles. The van der Waals surface area contributed by atoms with Crippen molar-refractivity contribution in [1.29, 1.82) is 0 Å². The Labute approximate surface area is 129 Å². The van der Waals surface area contributed by atoms with Crippen molar-refractivity contribution in [2.75, 3.05) is 0 Å². The van der Waals surface area contributed by atoms with Gasteiger partial charge in [0.2, 0.25) is 0 Å². The van der Waals surface area contributed by atoms with Crippen molar-refractivity contribution >= 4 is 33.5 Å². The van der Waals surface area contributed by atoms with Crippen molar-refractivity contribution in [3.05, 3.63) is 23.8 Å². The zero-order valence-electron chi connectivity index (χ0n) is 12.0. The molecule has 0 bridgehead atoms. The largest absolute Gasteiger partial charge is 0.255 e. The number of aromatic nitrogens is 1. The minimum absolute atomic E-state index is 0.677. The van der Waals surface area contributed by atoms with Crippen molar-refractivity contribution in [2.24, 2.45) is 0 Å². The van der Waals surface area contributed by atoms with Gasteiger partial charge >= 0.3 is 0 Å². The zero-order valence-corrected chi connectivity index (χ0v) is 13.7. The number of fused-ring (bicyclic) bond motifs is 1. The van der Waals surface area contributed by atoms with E-state index in [1.807, 2.05) is 11.3 Å². The predicted molar refractivity (Wildman–Crippen MR) is 89.5 cm³/mol. The highest BCUT2D eigenvalue weighted by Crippen LogP contribution is 2.31. The third-order valence-electron chi connectivity index (χ3n) is 3.92. The summed E-state index contributed by atoms with van der Waals surface area (Å²) >= 11 is 3.55. The summed E-state index contributed by atoms with van der Waals surface area (Å²) < 4.78 is 6.10. The van der Waals surface area contributed by atoms with Gasteiger partial charge in [0.25, 0.3) is 0 Å². The first-order valence-electron chi connectivity index (χ1n) is 7.67. The molecular formula is C16H22N2S2. The predicted octanol–water partition coefficient (Wildman–Crippen LogP) is 5.18. The van der Waals surface area contributed by atoms with E-state index in [9.17, 15) is 0 Å². The number of rotatable bonds is 5. The third kappa shape index (κ3) is 3.35. The van der Waals surface area contributed by atoms with Crippen LogP contribution in [0.25, 0.3) is 10.2 Å². The Morgan fingerprint density at radius 3 is 2.95 bits per heavy atom.